The first-order chi connectivity index (χ1) is 8.08. The van der Waals surface area contributed by atoms with Gasteiger partial charge in [0.2, 0.25) is 0 Å². The van der Waals surface area contributed by atoms with Crippen molar-refractivity contribution in [3.63, 3.8) is 0 Å². The number of carbonyl (C=O) groups is 1. The highest BCUT2D eigenvalue weighted by Gasteiger charge is 2.08. The summed E-state index contributed by atoms with van der Waals surface area (Å²) in [5.41, 5.74) is 11.7. The summed E-state index contributed by atoms with van der Waals surface area (Å²) >= 11 is 0. The quantitative estimate of drug-likeness (QED) is 0.699. The van der Waals surface area contributed by atoms with E-state index in [-0.39, 0.29) is 5.69 Å². The fourth-order valence-electron chi connectivity index (χ4n) is 1.57. The molecular weight excluding hydrogens is 216 g/mol. The third-order valence-corrected chi connectivity index (χ3v) is 2.89. The Kier molecular flexibility index (Phi) is 4.75. The second-order valence-corrected chi connectivity index (χ2v) is 4.06. The highest BCUT2D eigenvalue weighted by Crippen LogP contribution is 2.17. The van der Waals surface area contributed by atoms with Crippen molar-refractivity contribution in [3.8, 4) is 0 Å². The number of nitrogens with two attached hydrogens (primary N) is 2. The molecule has 0 aromatic carbocycles. The number of rotatable bonds is 6. The number of anilines is 2. The number of hydrogen-bond donors (Lipinski definition) is 3. The van der Waals surface area contributed by atoms with Gasteiger partial charge < -0.3 is 16.8 Å². The second-order valence-electron chi connectivity index (χ2n) is 4.06. The van der Waals surface area contributed by atoms with Gasteiger partial charge in [-0.2, -0.15) is 0 Å². The van der Waals surface area contributed by atoms with E-state index in [1.807, 2.05) is 0 Å². The van der Waals surface area contributed by atoms with Gasteiger partial charge in [-0.1, -0.05) is 26.7 Å². The van der Waals surface area contributed by atoms with E-state index in [0.717, 1.165) is 19.4 Å². The van der Waals surface area contributed by atoms with Gasteiger partial charge >= 0.3 is 0 Å². The average molecular weight is 236 g/mol. The zero-order valence-electron chi connectivity index (χ0n) is 10.4. The van der Waals surface area contributed by atoms with Crippen LogP contribution in [0.5, 0.6) is 0 Å². The van der Waals surface area contributed by atoms with Crippen LogP contribution in [0.4, 0.5) is 11.5 Å². The molecule has 1 aromatic rings. The van der Waals surface area contributed by atoms with Gasteiger partial charge in [0.15, 0.2) is 0 Å². The summed E-state index contributed by atoms with van der Waals surface area (Å²) in [5, 5.41) is 3.17. The third kappa shape index (κ3) is 3.62. The lowest BCUT2D eigenvalue weighted by Crippen LogP contribution is -2.18. The molecule has 1 heterocycles. The summed E-state index contributed by atoms with van der Waals surface area (Å²) in [7, 11) is 0. The first-order valence-corrected chi connectivity index (χ1v) is 5.88. The second kappa shape index (κ2) is 6.08. The molecule has 0 spiro atoms. The highest BCUT2D eigenvalue weighted by molar-refractivity contribution is 5.91. The molecule has 5 N–H and O–H groups in total. The lowest BCUT2D eigenvalue weighted by Gasteiger charge is -2.15. The maximum absolute atomic E-state index is 11.0. The molecule has 5 nitrogen and oxygen atoms in total. The fourth-order valence-corrected chi connectivity index (χ4v) is 1.57. The molecule has 1 rings (SSSR count). The van der Waals surface area contributed by atoms with E-state index in [2.05, 4.69) is 24.1 Å². The normalized spacial score (nSPS) is 10.5. The van der Waals surface area contributed by atoms with Gasteiger partial charge in [0.25, 0.3) is 5.91 Å². The van der Waals surface area contributed by atoms with Crippen molar-refractivity contribution >= 4 is 17.4 Å². The van der Waals surface area contributed by atoms with Crippen molar-refractivity contribution < 1.29 is 4.79 Å². The van der Waals surface area contributed by atoms with Crippen LogP contribution in [-0.4, -0.2) is 17.4 Å². The summed E-state index contributed by atoms with van der Waals surface area (Å²) in [6.45, 7) is 5.09. The van der Waals surface area contributed by atoms with Crippen LogP contribution in [0.3, 0.4) is 0 Å². The number of hydrogen-bond acceptors (Lipinski definition) is 4. The van der Waals surface area contributed by atoms with Gasteiger partial charge in [0, 0.05) is 6.54 Å². The molecule has 0 saturated carbocycles. The molecule has 17 heavy (non-hydrogen) atoms. The number of aromatic nitrogens is 1. The molecule has 0 unspecified atom stereocenters. The maximum atomic E-state index is 11.0. The molecule has 1 amide bonds. The predicted octanol–water partition coefficient (Wildman–Crippen LogP) is 1.61. The Hall–Kier alpha value is -1.78. The van der Waals surface area contributed by atoms with Crippen LogP contribution in [0.15, 0.2) is 12.1 Å². The monoisotopic (exact) mass is 236 g/mol. The Balaban J connectivity index is 2.75. The van der Waals surface area contributed by atoms with E-state index in [0.29, 0.717) is 17.4 Å². The standard InChI is InChI=1S/C12H20N4O/c1-3-8(4-2)7-15-12-9(13)5-6-10(16-12)11(14)17/h5-6,8H,3-4,7,13H2,1-2H3,(H2,14,17)(H,15,16). The number of pyridine rings is 1. The predicted molar refractivity (Wildman–Crippen MR) is 69.7 cm³/mol. The number of carbonyl (C=O) groups excluding carboxylic acids is 1. The van der Waals surface area contributed by atoms with Gasteiger partial charge in [0.05, 0.1) is 5.69 Å². The summed E-state index contributed by atoms with van der Waals surface area (Å²) < 4.78 is 0. The van der Waals surface area contributed by atoms with Crippen molar-refractivity contribution in [2.45, 2.75) is 26.7 Å². The molecule has 0 aliphatic carbocycles. The first kappa shape index (κ1) is 13.3. The number of nitrogens with one attached hydrogen (secondary N) is 1. The summed E-state index contributed by atoms with van der Waals surface area (Å²) in [6.07, 6.45) is 2.19. The first-order valence-electron chi connectivity index (χ1n) is 5.88. The molecule has 0 aliphatic heterocycles. The third-order valence-electron chi connectivity index (χ3n) is 2.89. The van der Waals surface area contributed by atoms with Gasteiger partial charge in [-0.05, 0) is 18.1 Å². The molecule has 0 aliphatic rings. The molecule has 1 aromatic heterocycles. The van der Waals surface area contributed by atoms with E-state index >= 15 is 0 Å². The minimum absolute atomic E-state index is 0.228. The number of nitrogen functional groups attached to an aromatic ring is 1. The fraction of sp³-hybridized carbons (Fsp3) is 0.500. The molecule has 0 fully saturated rings. The van der Waals surface area contributed by atoms with Crippen LogP contribution in [0.25, 0.3) is 0 Å². The topological polar surface area (TPSA) is 94.0 Å². The summed E-state index contributed by atoms with van der Waals surface area (Å²) in [4.78, 5) is 15.1. The Bertz CT molecular complexity index is 388. The highest BCUT2D eigenvalue weighted by atomic mass is 16.1. The zero-order valence-corrected chi connectivity index (χ0v) is 10.4. The SMILES string of the molecule is CCC(CC)CNc1nc(C(N)=O)ccc1N. The Morgan fingerprint density at radius 3 is 2.59 bits per heavy atom. The van der Waals surface area contributed by atoms with Gasteiger partial charge in [-0.25, -0.2) is 4.98 Å². The van der Waals surface area contributed by atoms with E-state index in [4.69, 9.17) is 11.5 Å². The van der Waals surface area contributed by atoms with Gasteiger partial charge in [-0.3, -0.25) is 4.79 Å². The van der Waals surface area contributed by atoms with Crippen molar-refractivity contribution in [2.75, 3.05) is 17.6 Å². The number of amides is 1. The number of primary amides is 1. The Morgan fingerprint density at radius 2 is 2.06 bits per heavy atom. The minimum atomic E-state index is -0.546. The molecule has 0 radical (unpaired) electrons. The van der Waals surface area contributed by atoms with Crippen molar-refractivity contribution in [3.05, 3.63) is 17.8 Å². The molecule has 0 bridgehead atoms. The molecule has 0 saturated heterocycles. The lowest BCUT2D eigenvalue weighted by molar-refractivity contribution is 0.0996. The van der Waals surface area contributed by atoms with Crippen LogP contribution in [-0.2, 0) is 0 Å². The van der Waals surface area contributed by atoms with Crippen LogP contribution in [0.1, 0.15) is 37.2 Å². The van der Waals surface area contributed by atoms with E-state index in [1.165, 1.54) is 6.07 Å². The Labute approximate surface area is 102 Å². The molecular formula is C12H20N4O. The smallest absolute Gasteiger partial charge is 0.267 e. The largest absolute Gasteiger partial charge is 0.396 e. The summed E-state index contributed by atoms with van der Waals surface area (Å²) in [6, 6.07) is 3.17. The molecule has 0 atom stereocenters. The van der Waals surface area contributed by atoms with E-state index in [9.17, 15) is 4.79 Å². The summed E-state index contributed by atoms with van der Waals surface area (Å²) in [5.74, 6) is 0.567. The zero-order chi connectivity index (χ0) is 12.8. The maximum Gasteiger partial charge on any atom is 0.267 e. The van der Waals surface area contributed by atoms with Gasteiger partial charge in [0.1, 0.15) is 11.5 Å². The van der Waals surface area contributed by atoms with Crippen LogP contribution < -0.4 is 16.8 Å². The van der Waals surface area contributed by atoms with Gasteiger partial charge in [-0.15, -0.1) is 0 Å². The van der Waals surface area contributed by atoms with Crippen LogP contribution in [0.2, 0.25) is 0 Å². The Morgan fingerprint density at radius 1 is 1.41 bits per heavy atom. The van der Waals surface area contributed by atoms with E-state index < -0.39 is 5.91 Å². The molecule has 94 valence electrons. The number of nitrogens with zero attached hydrogens (tertiary/aromatic N) is 1. The lowest BCUT2D eigenvalue weighted by atomic mass is 10.0. The van der Waals surface area contributed by atoms with Crippen molar-refractivity contribution in [1.29, 1.82) is 0 Å². The van der Waals surface area contributed by atoms with Crippen molar-refractivity contribution in [1.82, 2.24) is 4.98 Å². The minimum Gasteiger partial charge on any atom is -0.396 e. The van der Waals surface area contributed by atoms with Crippen LogP contribution >= 0.6 is 0 Å². The van der Waals surface area contributed by atoms with Crippen molar-refractivity contribution in [2.24, 2.45) is 11.7 Å². The van der Waals surface area contributed by atoms with E-state index in [1.54, 1.807) is 6.07 Å². The van der Waals surface area contributed by atoms with Crippen LogP contribution in [0, 0.1) is 5.92 Å². The average Bonchev–Trinajstić information content (AvgIpc) is 2.32. The molecule has 5 heteroatoms.